The van der Waals surface area contributed by atoms with Crippen LogP contribution in [0.2, 0.25) is 0 Å². The van der Waals surface area contributed by atoms with Crippen molar-refractivity contribution in [2.45, 2.75) is 49.6 Å². The molecular weight excluding hydrogens is 367 g/mol. The standard InChI is InChI=1S/C17H31ClF3N5/c18-14-2-1-11(5-13(14)17(19,20)21)15-24-8-12(7-23)16(25-15)26-4-3-10(6-22)9-26/h10-16,24-25H,1-9,22-23H2. The van der Waals surface area contributed by atoms with Crippen LogP contribution in [0.4, 0.5) is 13.2 Å². The van der Waals surface area contributed by atoms with Crippen molar-refractivity contribution in [2.75, 3.05) is 32.7 Å². The van der Waals surface area contributed by atoms with Crippen LogP contribution in [0.5, 0.6) is 0 Å². The van der Waals surface area contributed by atoms with E-state index >= 15 is 0 Å². The molecule has 2 aliphatic heterocycles. The van der Waals surface area contributed by atoms with Crippen molar-refractivity contribution in [2.24, 2.45) is 35.1 Å². The van der Waals surface area contributed by atoms with Gasteiger partial charge in [-0.15, -0.1) is 11.6 Å². The van der Waals surface area contributed by atoms with Gasteiger partial charge in [0, 0.05) is 30.9 Å². The topological polar surface area (TPSA) is 79.3 Å². The third kappa shape index (κ3) is 4.47. The van der Waals surface area contributed by atoms with Crippen LogP contribution in [0.15, 0.2) is 0 Å². The minimum Gasteiger partial charge on any atom is -0.330 e. The molecule has 0 aromatic rings. The number of likely N-dealkylation sites (tertiary alicyclic amines) is 1. The number of nitrogens with two attached hydrogens (primary N) is 2. The highest BCUT2D eigenvalue weighted by Crippen LogP contribution is 2.43. The van der Waals surface area contributed by atoms with Gasteiger partial charge in [-0.1, -0.05) is 0 Å². The molecule has 2 saturated heterocycles. The van der Waals surface area contributed by atoms with E-state index in [1.54, 1.807) is 0 Å². The summed E-state index contributed by atoms with van der Waals surface area (Å²) in [5.41, 5.74) is 11.8. The molecule has 0 amide bonds. The lowest BCUT2D eigenvalue weighted by atomic mass is 9.78. The Labute approximate surface area is 158 Å². The van der Waals surface area contributed by atoms with Crippen molar-refractivity contribution >= 4 is 11.6 Å². The molecule has 2 heterocycles. The van der Waals surface area contributed by atoms with E-state index < -0.39 is 17.5 Å². The van der Waals surface area contributed by atoms with Gasteiger partial charge in [0.2, 0.25) is 0 Å². The smallest absolute Gasteiger partial charge is 0.330 e. The van der Waals surface area contributed by atoms with Crippen molar-refractivity contribution in [3.8, 4) is 0 Å². The molecule has 0 bridgehead atoms. The Morgan fingerprint density at radius 3 is 2.50 bits per heavy atom. The summed E-state index contributed by atoms with van der Waals surface area (Å²) in [6.45, 7) is 3.82. The van der Waals surface area contributed by atoms with Crippen LogP contribution in [0.3, 0.4) is 0 Å². The fourth-order valence-corrected chi connectivity index (χ4v) is 5.17. The summed E-state index contributed by atoms with van der Waals surface area (Å²) in [5, 5.41) is 6.17. The largest absolute Gasteiger partial charge is 0.393 e. The van der Waals surface area contributed by atoms with Crippen molar-refractivity contribution in [1.82, 2.24) is 15.5 Å². The van der Waals surface area contributed by atoms with Gasteiger partial charge in [-0.25, -0.2) is 0 Å². The zero-order valence-corrected chi connectivity index (χ0v) is 15.8. The van der Waals surface area contributed by atoms with Crippen LogP contribution < -0.4 is 22.1 Å². The van der Waals surface area contributed by atoms with Crippen molar-refractivity contribution in [3.63, 3.8) is 0 Å². The highest BCUT2D eigenvalue weighted by Gasteiger charge is 2.49. The van der Waals surface area contributed by atoms with Gasteiger partial charge in [0.25, 0.3) is 0 Å². The fourth-order valence-electron chi connectivity index (χ4n) is 4.80. The van der Waals surface area contributed by atoms with Crippen molar-refractivity contribution in [1.29, 1.82) is 0 Å². The average Bonchev–Trinajstić information content (AvgIpc) is 3.09. The average molecular weight is 398 g/mol. The Bertz CT molecular complexity index is 466. The summed E-state index contributed by atoms with van der Waals surface area (Å²) < 4.78 is 39.9. The van der Waals surface area contributed by atoms with E-state index in [1.165, 1.54) is 0 Å². The van der Waals surface area contributed by atoms with E-state index in [0.29, 0.717) is 31.8 Å². The Hall–Kier alpha value is -0.120. The number of hydrogen-bond donors (Lipinski definition) is 4. The number of alkyl halides is 4. The van der Waals surface area contributed by atoms with Gasteiger partial charge in [0.05, 0.1) is 18.2 Å². The molecule has 6 N–H and O–H groups in total. The molecule has 0 spiro atoms. The molecule has 0 radical (unpaired) electrons. The molecule has 0 aromatic heterocycles. The van der Waals surface area contributed by atoms with Crippen LogP contribution >= 0.6 is 11.6 Å². The summed E-state index contributed by atoms with van der Waals surface area (Å²) >= 11 is 5.98. The number of halogens is 4. The molecule has 3 aliphatic rings. The van der Waals surface area contributed by atoms with Crippen molar-refractivity contribution < 1.29 is 13.2 Å². The highest BCUT2D eigenvalue weighted by molar-refractivity contribution is 6.20. The second-order valence-electron chi connectivity index (χ2n) is 8.12. The maximum atomic E-state index is 13.3. The van der Waals surface area contributed by atoms with Crippen LogP contribution in [0.25, 0.3) is 0 Å². The first-order valence-corrected chi connectivity index (χ1v) is 10.1. The first kappa shape index (κ1) is 20.6. The summed E-state index contributed by atoms with van der Waals surface area (Å²) in [4.78, 5) is 2.37. The number of nitrogens with zero attached hydrogens (tertiary/aromatic N) is 1. The van der Waals surface area contributed by atoms with Crippen molar-refractivity contribution in [3.05, 3.63) is 0 Å². The van der Waals surface area contributed by atoms with Gasteiger partial charge in [0.1, 0.15) is 0 Å². The third-order valence-electron chi connectivity index (χ3n) is 6.44. The third-order valence-corrected chi connectivity index (χ3v) is 6.96. The quantitative estimate of drug-likeness (QED) is 0.537. The van der Waals surface area contributed by atoms with Gasteiger partial charge in [-0.2, -0.15) is 13.2 Å². The molecule has 7 unspecified atom stereocenters. The molecule has 9 heteroatoms. The van der Waals surface area contributed by atoms with Gasteiger partial charge in [-0.3, -0.25) is 10.2 Å². The Morgan fingerprint density at radius 2 is 1.88 bits per heavy atom. The van der Waals surface area contributed by atoms with Crippen LogP contribution in [-0.4, -0.2) is 61.5 Å². The van der Waals surface area contributed by atoms with E-state index in [1.807, 2.05) is 0 Å². The lowest BCUT2D eigenvalue weighted by molar-refractivity contribution is -0.186. The van der Waals surface area contributed by atoms with Gasteiger partial charge in [0.15, 0.2) is 0 Å². The molecule has 5 nitrogen and oxygen atoms in total. The Balaban J connectivity index is 1.65. The molecule has 3 fully saturated rings. The monoisotopic (exact) mass is 397 g/mol. The van der Waals surface area contributed by atoms with Crippen LogP contribution in [0, 0.1) is 23.7 Å². The predicted molar refractivity (Wildman–Crippen MR) is 96.5 cm³/mol. The minimum atomic E-state index is -4.23. The SMILES string of the molecule is NCC1CCN(C2NC(C3CCC(Cl)C(C(F)(F)F)C3)NCC2CN)C1. The lowest BCUT2D eigenvalue weighted by Gasteiger charge is -2.47. The van der Waals surface area contributed by atoms with E-state index in [2.05, 4.69) is 15.5 Å². The first-order chi connectivity index (χ1) is 12.3. The lowest BCUT2D eigenvalue weighted by Crippen LogP contribution is -2.67. The summed E-state index contributed by atoms with van der Waals surface area (Å²) in [6.07, 6.45) is -2.01. The predicted octanol–water partition coefficient (Wildman–Crippen LogP) is 1.27. The van der Waals surface area contributed by atoms with Crippen LogP contribution in [-0.2, 0) is 0 Å². The normalized spacial score (nSPS) is 42.9. The van der Waals surface area contributed by atoms with Crippen LogP contribution in [0.1, 0.15) is 25.7 Å². The van der Waals surface area contributed by atoms with Gasteiger partial charge in [-0.05, 0) is 50.6 Å². The molecule has 26 heavy (non-hydrogen) atoms. The molecule has 3 rings (SSSR count). The molecule has 0 aromatic carbocycles. The molecule has 1 aliphatic carbocycles. The number of nitrogens with one attached hydrogen (secondary N) is 2. The molecular formula is C17H31ClF3N5. The molecule has 7 atom stereocenters. The highest BCUT2D eigenvalue weighted by atomic mass is 35.5. The summed E-state index contributed by atoms with van der Waals surface area (Å²) in [7, 11) is 0. The molecule has 1 saturated carbocycles. The molecule has 152 valence electrons. The first-order valence-electron chi connectivity index (χ1n) is 9.67. The van der Waals surface area contributed by atoms with E-state index in [9.17, 15) is 13.2 Å². The number of rotatable bonds is 4. The van der Waals surface area contributed by atoms with E-state index in [0.717, 1.165) is 26.1 Å². The number of hydrogen-bond acceptors (Lipinski definition) is 5. The summed E-state index contributed by atoms with van der Waals surface area (Å²) in [6, 6.07) is 0. The summed E-state index contributed by atoms with van der Waals surface area (Å²) in [5.74, 6) is -0.772. The Kier molecular flexibility index (Phi) is 6.73. The second kappa shape index (κ2) is 8.49. The van der Waals surface area contributed by atoms with Gasteiger partial charge >= 0.3 is 6.18 Å². The zero-order valence-electron chi connectivity index (χ0n) is 15.0. The maximum Gasteiger partial charge on any atom is 0.393 e. The van der Waals surface area contributed by atoms with Gasteiger partial charge < -0.3 is 16.8 Å². The Morgan fingerprint density at radius 1 is 1.12 bits per heavy atom. The fraction of sp³-hybridized carbons (Fsp3) is 1.00. The minimum absolute atomic E-state index is 0.0772. The zero-order chi connectivity index (χ0) is 18.9. The van der Waals surface area contributed by atoms with E-state index in [-0.39, 0.29) is 30.6 Å². The van der Waals surface area contributed by atoms with E-state index in [4.69, 9.17) is 23.1 Å². The maximum absolute atomic E-state index is 13.3. The second-order valence-corrected chi connectivity index (χ2v) is 8.68.